The Balaban J connectivity index is 1.40. The highest BCUT2D eigenvalue weighted by atomic mass is 35.5. The molecule has 1 aliphatic heterocycles. The summed E-state index contributed by atoms with van der Waals surface area (Å²) < 4.78 is 0. The quantitative estimate of drug-likeness (QED) is 0.663. The molecule has 1 unspecified atom stereocenters. The monoisotopic (exact) mass is 426 g/mol. The summed E-state index contributed by atoms with van der Waals surface area (Å²) in [5.41, 5.74) is 2.86. The Kier molecular flexibility index (Phi) is 5.60. The summed E-state index contributed by atoms with van der Waals surface area (Å²) in [6.07, 6.45) is 0.622. The summed E-state index contributed by atoms with van der Waals surface area (Å²) in [5.74, 6) is -0.117. The second-order valence-electron chi connectivity index (χ2n) is 6.99. The van der Waals surface area contributed by atoms with E-state index in [1.807, 2.05) is 43.3 Å². The molecule has 1 N–H and O–H groups in total. The second kappa shape index (κ2) is 8.31. The number of nitrogens with zero attached hydrogens (tertiary/aromatic N) is 3. The first-order chi connectivity index (χ1) is 14.0. The van der Waals surface area contributed by atoms with Crippen LogP contribution in [0.25, 0.3) is 0 Å². The standard InChI is InChI=1S/C21H19ClN4O2S/c1-13-4-2-3-5-17(13)26-12-15(11-19(26)28)20-24-25-21(29-20)23-18(27)10-14-6-8-16(22)9-7-14/h2-9,15H,10-12H2,1H3,(H,23,25,27). The SMILES string of the molecule is Cc1ccccc1N1CC(c2nnc(NC(=O)Cc3ccc(Cl)cc3)s2)CC1=O. The van der Waals surface area contributed by atoms with Crippen LogP contribution >= 0.6 is 22.9 Å². The van der Waals surface area contributed by atoms with Crippen molar-refractivity contribution in [1.82, 2.24) is 10.2 Å². The minimum atomic E-state index is -0.168. The number of halogens is 1. The minimum Gasteiger partial charge on any atom is -0.311 e. The number of carbonyl (C=O) groups excluding carboxylic acids is 2. The molecule has 0 saturated carbocycles. The summed E-state index contributed by atoms with van der Waals surface area (Å²) in [6, 6.07) is 15.0. The normalized spacial score (nSPS) is 16.3. The van der Waals surface area contributed by atoms with Gasteiger partial charge in [0, 0.05) is 29.6 Å². The Morgan fingerprint density at radius 3 is 2.72 bits per heavy atom. The molecule has 0 aliphatic carbocycles. The van der Waals surface area contributed by atoms with E-state index in [1.165, 1.54) is 11.3 Å². The maximum atomic E-state index is 12.5. The van der Waals surface area contributed by atoms with Gasteiger partial charge in [0.25, 0.3) is 0 Å². The number of amides is 2. The number of anilines is 2. The van der Waals surface area contributed by atoms with Crippen molar-refractivity contribution < 1.29 is 9.59 Å². The first-order valence-corrected chi connectivity index (χ1v) is 10.4. The maximum absolute atomic E-state index is 12.5. The number of carbonyl (C=O) groups is 2. The summed E-state index contributed by atoms with van der Waals surface area (Å²) in [4.78, 5) is 26.6. The highest BCUT2D eigenvalue weighted by Crippen LogP contribution is 2.35. The summed E-state index contributed by atoms with van der Waals surface area (Å²) in [6.45, 7) is 2.56. The van der Waals surface area contributed by atoms with Gasteiger partial charge in [0.1, 0.15) is 5.01 Å². The molecule has 29 heavy (non-hydrogen) atoms. The molecule has 0 radical (unpaired) electrons. The molecule has 2 amide bonds. The number of hydrogen-bond acceptors (Lipinski definition) is 5. The van der Waals surface area contributed by atoms with E-state index in [0.717, 1.165) is 21.8 Å². The zero-order chi connectivity index (χ0) is 20.4. The second-order valence-corrected chi connectivity index (χ2v) is 8.43. The Morgan fingerprint density at radius 2 is 1.97 bits per heavy atom. The topological polar surface area (TPSA) is 75.2 Å². The Hall–Kier alpha value is -2.77. The summed E-state index contributed by atoms with van der Waals surface area (Å²) in [5, 5.41) is 12.9. The van der Waals surface area contributed by atoms with Gasteiger partial charge in [-0.25, -0.2) is 0 Å². The van der Waals surface area contributed by atoms with Crippen LogP contribution < -0.4 is 10.2 Å². The third-order valence-electron chi connectivity index (χ3n) is 4.85. The molecule has 0 spiro atoms. The molecule has 2 aromatic carbocycles. The van der Waals surface area contributed by atoms with Crippen molar-refractivity contribution >= 4 is 45.6 Å². The highest BCUT2D eigenvalue weighted by molar-refractivity contribution is 7.15. The molecule has 0 bridgehead atoms. The first-order valence-electron chi connectivity index (χ1n) is 9.23. The Bertz CT molecular complexity index is 1050. The van der Waals surface area contributed by atoms with Gasteiger partial charge in [0.15, 0.2) is 0 Å². The molecule has 1 aromatic heterocycles. The van der Waals surface area contributed by atoms with Gasteiger partial charge >= 0.3 is 0 Å². The number of aromatic nitrogens is 2. The minimum absolute atomic E-state index is 0.0264. The summed E-state index contributed by atoms with van der Waals surface area (Å²) in [7, 11) is 0. The third-order valence-corrected chi connectivity index (χ3v) is 6.10. The third kappa shape index (κ3) is 4.46. The fourth-order valence-corrected chi connectivity index (χ4v) is 4.35. The number of para-hydroxylation sites is 1. The molecule has 148 valence electrons. The van der Waals surface area contributed by atoms with E-state index in [0.29, 0.717) is 23.1 Å². The number of hydrogen-bond donors (Lipinski definition) is 1. The number of aryl methyl sites for hydroxylation is 1. The van der Waals surface area contributed by atoms with Gasteiger partial charge in [-0.3, -0.25) is 9.59 Å². The van der Waals surface area contributed by atoms with Crippen LogP contribution in [0, 0.1) is 6.92 Å². The average Bonchev–Trinajstić information content (AvgIpc) is 3.31. The molecule has 6 nitrogen and oxygen atoms in total. The first kappa shape index (κ1) is 19.5. The zero-order valence-electron chi connectivity index (χ0n) is 15.8. The Labute approximate surface area is 177 Å². The predicted molar refractivity (Wildman–Crippen MR) is 115 cm³/mol. The van der Waals surface area contributed by atoms with Crippen LogP contribution in [0.15, 0.2) is 48.5 Å². The largest absolute Gasteiger partial charge is 0.311 e. The molecule has 1 fully saturated rings. The summed E-state index contributed by atoms with van der Waals surface area (Å²) >= 11 is 7.19. The van der Waals surface area contributed by atoms with E-state index in [4.69, 9.17) is 11.6 Å². The van der Waals surface area contributed by atoms with Crippen molar-refractivity contribution in [3.05, 3.63) is 69.7 Å². The van der Waals surface area contributed by atoms with Crippen LogP contribution in [0.3, 0.4) is 0 Å². The molecule has 4 rings (SSSR count). The van der Waals surface area contributed by atoms with E-state index in [1.54, 1.807) is 17.0 Å². The van der Waals surface area contributed by atoms with Gasteiger partial charge < -0.3 is 10.2 Å². The van der Waals surface area contributed by atoms with Crippen LogP contribution in [-0.4, -0.2) is 28.6 Å². The van der Waals surface area contributed by atoms with E-state index in [-0.39, 0.29) is 24.2 Å². The molecule has 2 heterocycles. The lowest BCUT2D eigenvalue weighted by atomic mass is 10.1. The van der Waals surface area contributed by atoms with Gasteiger partial charge in [0.05, 0.1) is 6.42 Å². The van der Waals surface area contributed by atoms with Gasteiger partial charge in [0.2, 0.25) is 16.9 Å². The lowest BCUT2D eigenvalue weighted by Gasteiger charge is -2.18. The smallest absolute Gasteiger partial charge is 0.230 e. The maximum Gasteiger partial charge on any atom is 0.230 e. The van der Waals surface area contributed by atoms with Crippen LogP contribution in [0.2, 0.25) is 5.02 Å². The van der Waals surface area contributed by atoms with Crippen LogP contribution in [0.4, 0.5) is 10.8 Å². The van der Waals surface area contributed by atoms with Gasteiger partial charge in [-0.15, -0.1) is 10.2 Å². The molecular weight excluding hydrogens is 408 g/mol. The van der Waals surface area contributed by atoms with Gasteiger partial charge in [-0.05, 0) is 36.2 Å². The number of benzene rings is 2. The number of nitrogens with one attached hydrogen (secondary N) is 1. The van der Waals surface area contributed by atoms with Crippen molar-refractivity contribution in [2.24, 2.45) is 0 Å². The van der Waals surface area contributed by atoms with E-state index >= 15 is 0 Å². The lowest BCUT2D eigenvalue weighted by molar-refractivity contribution is -0.117. The van der Waals surface area contributed by atoms with Crippen molar-refractivity contribution in [1.29, 1.82) is 0 Å². The average molecular weight is 427 g/mol. The fraction of sp³-hybridized carbons (Fsp3) is 0.238. The van der Waals surface area contributed by atoms with Crippen molar-refractivity contribution in [3.8, 4) is 0 Å². The molecule has 1 atom stereocenters. The molecule has 8 heteroatoms. The predicted octanol–water partition coefficient (Wildman–Crippen LogP) is 4.20. The highest BCUT2D eigenvalue weighted by Gasteiger charge is 2.34. The van der Waals surface area contributed by atoms with Crippen LogP contribution in [0.5, 0.6) is 0 Å². The fourth-order valence-electron chi connectivity index (χ4n) is 3.37. The van der Waals surface area contributed by atoms with E-state index < -0.39 is 0 Å². The van der Waals surface area contributed by atoms with E-state index in [2.05, 4.69) is 15.5 Å². The van der Waals surface area contributed by atoms with Crippen molar-refractivity contribution in [3.63, 3.8) is 0 Å². The molecular formula is C21H19ClN4O2S. The van der Waals surface area contributed by atoms with Crippen LogP contribution in [-0.2, 0) is 16.0 Å². The molecule has 3 aromatic rings. The van der Waals surface area contributed by atoms with Crippen LogP contribution in [0.1, 0.15) is 28.5 Å². The van der Waals surface area contributed by atoms with Crippen molar-refractivity contribution in [2.75, 3.05) is 16.8 Å². The zero-order valence-corrected chi connectivity index (χ0v) is 17.3. The van der Waals surface area contributed by atoms with Crippen molar-refractivity contribution in [2.45, 2.75) is 25.7 Å². The van der Waals surface area contributed by atoms with Gasteiger partial charge in [-0.2, -0.15) is 0 Å². The Morgan fingerprint density at radius 1 is 1.21 bits per heavy atom. The van der Waals surface area contributed by atoms with Gasteiger partial charge in [-0.1, -0.05) is 53.3 Å². The lowest BCUT2D eigenvalue weighted by Crippen LogP contribution is -2.25. The molecule has 1 aliphatic rings. The number of rotatable bonds is 5. The van der Waals surface area contributed by atoms with E-state index in [9.17, 15) is 9.59 Å². The molecule has 1 saturated heterocycles.